The van der Waals surface area contributed by atoms with Crippen LogP contribution in [0.15, 0.2) is 40.4 Å². The zero-order chi connectivity index (χ0) is 12.5. The Balaban J connectivity index is 2.09. The van der Waals surface area contributed by atoms with E-state index >= 15 is 0 Å². The molecule has 2 aromatic heterocycles. The molecule has 0 radical (unpaired) electrons. The van der Waals surface area contributed by atoms with Crippen LogP contribution in [0.4, 0.5) is 0 Å². The Labute approximate surface area is 121 Å². The third kappa shape index (κ3) is 2.25. The minimum absolute atomic E-state index is 1.05. The number of rotatable bonds is 2. The lowest BCUT2D eigenvalue weighted by Gasteiger charge is -1.98. The fraction of sp³-hybridized carbons (Fsp3) is 0.0769. The molecule has 90 valence electrons. The van der Waals surface area contributed by atoms with E-state index in [1.807, 2.05) is 23.8 Å². The van der Waals surface area contributed by atoms with E-state index < -0.39 is 0 Å². The summed E-state index contributed by atoms with van der Waals surface area (Å²) < 4.78 is 1.08. The Morgan fingerprint density at radius 2 is 2.17 bits per heavy atom. The predicted molar refractivity (Wildman–Crippen MR) is 81.1 cm³/mol. The fourth-order valence-electron chi connectivity index (χ4n) is 1.73. The molecule has 2 nitrogen and oxygen atoms in total. The summed E-state index contributed by atoms with van der Waals surface area (Å²) in [6, 6.07) is 8.24. The first-order valence-corrected chi connectivity index (χ1v) is 7.85. The quantitative estimate of drug-likeness (QED) is 0.657. The Morgan fingerprint density at radius 3 is 2.89 bits per heavy atom. The van der Waals surface area contributed by atoms with Gasteiger partial charge in [-0.1, -0.05) is 28.1 Å². The van der Waals surface area contributed by atoms with E-state index in [0.717, 1.165) is 25.6 Å². The van der Waals surface area contributed by atoms with Gasteiger partial charge in [-0.15, -0.1) is 22.7 Å². The molecule has 0 amide bonds. The van der Waals surface area contributed by atoms with Gasteiger partial charge in [0.15, 0.2) is 0 Å². The molecule has 0 N–H and O–H groups in total. The van der Waals surface area contributed by atoms with Crippen molar-refractivity contribution in [2.45, 2.75) is 6.92 Å². The third-order valence-corrected chi connectivity index (χ3v) is 4.94. The normalized spacial score (nSPS) is 10.8. The number of hydrogen-bond donors (Lipinski definition) is 0. The summed E-state index contributed by atoms with van der Waals surface area (Å²) >= 11 is 6.84. The summed E-state index contributed by atoms with van der Waals surface area (Å²) in [7, 11) is 0. The maximum atomic E-state index is 4.73. The standard InChI is InChI=1S/C13H9BrN2S2/c1-8-12(9-3-2-4-10(14)5-9)16-13(18-8)11-6-15-7-17-11/h2-7H,1H3. The average Bonchev–Trinajstić information content (AvgIpc) is 2.97. The van der Waals surface area contributed by atoms with Crippen LogP contribution >= 0.6 is 38.6 Å². The van der Waals surface area contributed by atoms with Crippen LogP contribution in [0.25, 0.3) is 21.1 Å². The Kier molecular flexibility index (Phi) is 3.28. The highest BCUT2D eigenvalue weighted by atomic mass is 79.9. The molecule has 1 aromatic carbocycles. The average molecular weight is 337 g/mol. The van der Waals surface area contributed by atoms with Crippen molar-refractivity contribution in [3.63, 3.8) is 0 Å². The molecule has 0 aliphatic rings. The molecule has 5 heteroatoms. The van der Waals surface area contributed by atoms with Crippen LogP contribution in [-0.2, 0) is 0 Å². The van der Waals surface area contributed by atoms with E-state index in [4.69, 9.17) is 4.98 Å². The zero-order valence-electron chi connectivity index (χ0n) is 9.55. The molecule has 0 atom stereocenters. The van der Waals surface area contributed by atoms with Crippen LogP contribution in [0.1, 0.15) is 4.88 Å². The van der Waals surface area contributed by atoms with E-state index in [2.05, 4.69) is 40.0 Å². The lowest BCUT2D eigenvalue weighted by molar-refractivity contribution is 1.36. The number of halogens is 1. The summed E-state index contributed by atoms with van der Waals surface area (Å²) in [5.41, 5.74) is 4.05. The van der Waals surface area contributed by atoms with Gasteiger partial charge < -0.3 is 0 Å². The van der Waals surface area contributed by atoms with E-state index in [0.29, 0.717) is 0 Å². The number of thiazole rings is 2. The SMILES string of the molecule is Cc1sc(-c2cncs2)nc1-c1cccc(Br)c1. The lowest BCUT2D eigenvalue weighted by atomic mass is 10.1. The molecule has 0 spiro atoms. The summed E-state index contributed by atoms with van der Waals surface area (Å²) in [6.45, 7) is 2.11. The number of nitrogens with zero attached hydrogens (tertiary/aromatic N) is 2. The van der Waals surface area contributed by atoms with E-state index in [-0.39, 0.29) is 0 Å². The van der Waals surface area contributed by atoms with Crippen LogP contribution in [0.5, 0.6) is 0 Å². The molecule has 0 aliphatic carbocycles. The second kappa shape index (κ2) is 4.91. The van der Waals surface area contributed by atoms with Gasteiger partial charge in [0.1, 0.15) is 5.01 Å². The molecule has 0 bridgehead atoms. The van der Waals surface area contributed by atoms with Crippen molar-refractivity contribution in [3.8, 4) is 21.1 Å². The first kappa shape index (κ1) is 12.0. The maximum absolute atomic E-state index is 4.73. The minimum atomic E-state index is 1.05. The van der Waals surface area contributed by atoms with Gasteiger partial charge in [-0.25, -0.2) is 4.98 Å². The Hall–Kier alpha value is -1.04. The van der Waals surface area contributed by atoms with Crippen LogP contribution in [0.3, 0.4) is 0 Å². The summed E-state index contributed by atoms with van der Waals surface area (Å²) in [6.07, 6.45) is 1.87. The molecule has 2 heterocycles. The van der Waals surface area contributed by atoms with Crippen LogP contribution in [-0.4, -0.2) is 9.97 Å². The zero-order valence-corrected chi connectivity index (χ0v) is 12.8. The lowest BCUT2D eigenvalue weighted by Crippen LogP contribution is -1.80. The van der Waals surface area contributed by atoms with E-state index in [9.17, 15) is 0 Å². The second-order valence-corrected chi connectivity index (χ2v) is 6.81. The maximum Gasteiger partial charge on any atom is 0.135 e. The van der Waals surface area contributed by atoms with E-state index in [1.165, 1.54) is 4.88 Å². The molecular formula is C13H9BrN2S2. The summed E-state index contributed by atoms with van der Waals surface area (Å²) in [5.74, 6) is 0. The van der Waals surface area contributed by atoms with Crippen molar-refractivity contribution in [3.05, 3.63) is 45.3 Å². The smallest absolute Gasteiger partial charge is 0.135 e. The van der Waals surface area contributed by atoms with Gasteiger partial charge in [0.2, 0.25) is 0 Å². The fourth-order valence-corrected chi connectivity index (χ4v) is 3.74. The molecule has 0 unspecified atom stereocenters. The monoisotopic (exact) mass is 336 g/mol. The first-order valence-electron chi connectivity index (χ1n) is 5.36. The molecule has 0 aliphatic heterocycles. The molecule has 0 fully saturated rings. The summed E-state index contributed by atoms with van der Waals surface area (Å²) in [4.78, 5) is 11.2. The van der Waals surface area contributed by atoms with Crippen molar-refractivity contribution >= 4 is 38.6 Å². The number of hydrogen-bond acceptors (Lipinski definition) is 4. The van der Waals surface area contributed by atoms with Crippen molar-refractivity contribution in [2.75, 3.05) is 0 Å². The number of aryl methyl sites for hydroxylation is 1. The van der Waals surface area contributed by atoms with Crippen molar-refractivity contribution < 1.29 is 0 Å². The van der Waals surface area contributed by atoms with Gasteiger partial charge in [-0.2, -0.15) is 0 Å². The van der Waals surface area contributed by atoms with Crippen molar-refractivity contribution in [2.24, 2.45) is 0 Å². The highest BCUT2D eigenvalue weighted by Crippen LogP contribution is 2.35. The molecule has 0 saturated heterocycles. The Bertz CT molecular complexity index is 674. The highest BCUT2D eigenvalue weighted by Gasteiger charge is 2.12. The third-order valence-electron chi connectivity index (χ3n) is 2.54. The number of aromatic nitrogens is 2. The number of benzene rings is 1. The van der Waals surface area contributed by atoms with Crippen LogP contribution in [0, 0.1) is 6.92 Å². The molecule has 3 rings (SSSR count). The van der Waals surface area contributed by atoms with E-state index in [1.54, 1.807) is 22.7 Å². The van der Waals surface area contributed by atoms with Gasteiger partial charge in [0, 0.05) is 21.1 Å². The molecule has 0 saturated carbocycles. The molecule has 18 heavy (non-hydrogen) atoms. The van der Waals surface area contributed by atoms with Gasteiger partial charge in [0.25, 0.3) is 0 Å². The second-order valence-electron chi connectivity index (χ2n) is 3.80. The van der Waals surface area contributed by atoms with Gasteiger partial charge in [-0.3, -0.25) is 4.98 Å². The topological polar surface area (TPSA) is 25.8 Å². The molecular weight excluding hydrogens is 328 g/mol. The van der Waals surface area contributed by atoms with Crippen LogP contribution in [0.2, 0.25) is 0 Å². The molecule has 3 aromatic rings. The minimum Gasteiger partial charge on any atom is -0.252 e. The summed E-state index contributed by atoms with van der Waals surface area (Å²) in [5, 5.41) is 1.05. The van der Waals surface area contributed by atoms with Crippen molar-refractivity contribution in [1.82, 2.24) is 9.97 Å². The highest BCUT2D eigenvalue weighted by molar-refractivity contribution is 9.10. The van der Waals surface area contributed by atoms with Gasteiger partial charge in [-0.05, 0) is 19.1 Å². The van der Waals surface area contributed by atoms with Crippen LogP contribution < -0.4 is 0 Å². The largest absolute Gasteiger partial charge is 0.252 e. The Morgan fingerprint density at radius 1 is 1.28 bits per heavy atom. The van der Waals surface area contributed by atoms with Crippen molar-refractivity contribution in [1.29, 1.82) is 0 Å². The van der Waals surface area contributed by atoms with Gasteiger partial charge in [0.05, 0.1) is 16.1 Å². The van der Waals surface area contributed by atoms with Gasteiger partial charge >= 0.3 is 0 Å². The predicted octanol–water partition coefficient (Wildman–Crippen LogP) is 5.00. The first-order chi connectivity index (χ1) is 8.74.